The van der Waals surface area contributed by atoms with Crippen molar-refractivity contribution in [1.82, 2.24) is 24.8 Å². The SMILES string of the molecule is CCN1CCCC1CNC(=O)c1cc2nc(-c3ccc4c(c3)OCO4)cc(C(F)(F)F)n2n1. The lowest BCUT2D eigenvalue weighted by atomic mass is 10.1. The fourth-order valence-corrected chi connectivity index (χ4v) is 4.33. The topological polar surface area (TPSA) is 81.0 Å². The van der Waals surface area contributed by atoms with Crippen molar-refractivity contribution in [2.24, 2.45) is 0 Å². The third-order valence-electron chi connectivity index (χ3n) is 6.02. The number of carbonyl (C=O) groups excluding carboxylic acids is 1. The molecule has 0 aliphatic carbocycles. The van der Waals surface area contributed by atoms with Gasteiger partial charge in [-0.3, -0.25) is 9.69 Å². The second-order valence-electron chi connectivity index (χ2n) is 8.03. The Kier molecular flexibility index (Phi) is 5.35. The van der Waals surface area contributed by atoms with Gasteiger partial charge in [0.15, 0.2) is 28.5 Å². The minimum absolute atomic E-state index is 0.0526. The van der Waals surface area contributed by atoms with Crippen LogP contribution in [0.5, 0.6) is 11.5 Å². The molecular weight excluding hydrogens is 439 g/mol. The fraction of sp³-hybridized carbons (Fsp3) is 0.409. The molecule has 5 rings (SSSR count). The summed E-state index contributed by atoms with van der Waals surface area (Å²) >= 11 is 0. The molecule has 1 atom stereocenters. The molecule has 3 aromatic rings. The molecule has 1 aromatic carbocycles. The van der Waals surface area contributed by atoms with Crippen LogP contribution in [0.4, 0.5) is 13.2 Å². The molecule has 33 heavy (non-hydrogen) atoms. The molecule has 0 bridgehead atoms. The zero-order valence-corrected chi connectivity index (χ0v) is 17.9. The normalized spacial score (nSPS) is 18.2. The van der Waals surface area contributed by atoms with Crippen molar-refractivity contribution in [2.75, 3.05) is 26.4 Å². The quantitative estimate of drug-likeness (QED) is 0.628. The van der Waals surface area contributed by atoms with Gasteiger partial charge in [0.1, 0.15) is 0 Å². The molecule has 1 unspecified atom stereocenters. The summed E-state index contributed by atoms with van der Waals surface area (Å²) < 4.78 is 52.8. The lowest BCUT2D eigenvalue weighted by Crippen LogP contribution is -2.40. The first-order chi connectivity index (χ1) is 15.8. The summed E-state index contributed by atoms with van der Waals surface area (Å²) in [4.78, 5) is 19.3. The Morgan fingerprint density at radius 2 is 2.03 bits per heavy atom. The van der Waals surface area contributed by atoms with E-state index in [9.17, 15) is 18.0 Å². The highest BCUT2D eigenvalue weighted by molar-refractivity contribution is 5.93. The maximum Gasteiger partial charge on any atom is 0.433 e. The van der Waals surface area contributed by atoms with E-state index < -0.39 is 17.8 Å². The summed E-state index contributed by atoms with van der Waals surface area (Å²) in [5.41, 5.74) is -0.687. The van der Waals surface area contributed by atoms with Gasteiger partial charge in [0.25, 0.3) is 5.91 Å². The highest BCUT2D eigenvalue weighted by Gasteiger charge is 2.36. The summed E-state index contributed by atoms with van der Waals surface area (Å²) in [5.74, 6) is 0.425. The predicted molar refractivity (Wildman–Crippen MR) is 112 cm³/mol. The van der Waals surface area contributed by atoms with Gasteiger partial charge in [-0.05, 0) is 50.2 Å². The van der Waals surface area contributed by atoms with Crippen LogP contribution >= 0.6 is 0 Å². The van der Waals surface area contributed by atoms with Crippen LogP contribution < -0.4 is 14.8 Å². The van der Waals surface area contributed by atoms with Crippen LogP contribution in [0.3, 0.4) is 0 Å². The highest BCUT2D eigenvalue weighted by Crippen LogP contribution is 2.37. The first kappa shape index (κ1) is 21.5. The molecule has 2 aliphatic heterocycles. The fourth-order valence-electron chi connectivity index (χ4n) is 4.33. The molecule has 0 radical (unpaired) electrons. The average Bonchev–Trinajstić information content (AvgIpc) is 3.54. The highest BCUT2D eigenvalue weighted by atomic mass is 19.4. The minimum Gasteiger partial charge on any atom is -0.454 e. The van der Waals surface area contributed by atoms with E-state index in [2.05, 4.69) is 27.2 Å². The number of halogens is 3. The first-order valence-electron chi connectivity index (χ1n) is 10.7. The summed E-state index contributed by atoms with van der Waals surface area (Å²) in [5, 5.41) is 6.72. The number of rotatable bonds is 5. The van der Waals surface area contributed by atoms with E-state index in [0.29, 0.717) is 28.1 Å². The number of fused-ring (bicyclic) bond motifs is 2. The standard InChI is InChI=1S/C22H22F3N5O3/c1-2-29-7-3-4-14(29)11-26-21(31)16-10-20-27-15(9-19(22(23,24)25)30(20)28-16)13-5-6-17-18(8-13)33-12-32-17/h5-6,8-10,14H,2-4,7,11-12H2,1H3,(H,26,31). The lowest BCUT2D eigenvalue weighted by Gasteiger charge is -2.22. The predicted octanol–water partition coefficient (Wildman–Crippen LogP) is 3.36. The number of aromatic nitrogens is 3. The van der Waals surface area contributed by atoms with Gasteiger partial charge < -0.3 is 14.8 Å². The molecule has 2 aliphatic rings. The third kappa shape index (κ3) is 4.08. The number of alkyl halides is 3. The van der Waals surface area contributed by atoms with Crippen LogP contribution in [0.15, 0.2) is 30.3 Å². The molecule has 4 heterocycles. The Morgan fingerprint density at radius 1 is 1.21 bits per heavy atom. The monoisotopic (exact) mass is 461 g/mol. The molecule has 1 saturated heterocycles. The van der Waals surface area contributed by atoms with Crippen LogP contribution in [0.25, 0.3) is 16.9 Å². The Morgan fingerprint density at radius 3 is 2.82 bits per heavy atom. The molecule has 1 amide bonds. The third-order valence-corrected chi connectivity index (χ3v) is 6.02. The number of benzene rings is 1. The van der Waals surface area contributed by atoms with Crippen LogP contribution in [0, 0.1) is 0 Å². The summed E-state index contributed by atoms with van der Waals surface area (Å²) in [6, 6.07) is 7.21. The average molecular weight is 461 g/mol. The van der Waals surface area contributed by atoms with Gasteiger partial charge in [0.05, 0.1) is 5.69 Å². The second-order valence-corrected chi connectivity index (χ2v) is 8.03. The summed E-state index contributed by atoms with van der Waals surface area (Å²) in [7, 11) is 0. The molecule has 1 fully saturated rings. The van der Waals surface area contributed by atoms with Crippen molar-refractivity contribution in [2.45, 2.75) is 32.0 Å². The molecule has 8 nitrogen and oxygen atoms in total. The van der Waals surface area contributed by atoms with Gasteiger partial charge in [-0.25, -0.2) is 9.50 Å². The van der Waals surface area contributed by atoms with Crippen LogP contribution in [-0.2, 0) is 6.18 Å². The Labute approximate surface area is 187 Å². The van der Waals surface area contributed by atoms with Crippen molar-refractivity contribution < 1.29 is 27.4 Å². The van der Waals surface area contributed by atoms with E-state index in [4.69, 9.17) is 9.47 Å². The lowest BCUT2D eigenvalue weighted by molar-refractivity contribution is -0.142. The molecule has 0 spiro atoms. The molecule has 0 saturated carbocycles. The summed E-state index contributed by atoms with van der Waals surface area (Å²) in [6.07, 6.45) is -2.67. The number of likely N-dealkylation sites (tertiary alicyclic amines) is 1. The van der Waals surface area contributed by atoms with Gasteiger partial charge >= 0.3 is 6.18 Å². The number of amides is 1. The van der Waals surface area contributed by atoms with Crippen LogP contribution in [0.2, 0.25) is 0 Å². The second kappa shape index (κ2) is 8.22. The van der Waals surface area contributed by atoms with E-state index >= 15 is 0 Å². The van der Waals surface area contributed by atoms with Crippen molar-refractivity contribution in [3.8, 4) is 22.8 Å². The Balaban J connectivity index is 1.47. The maximum atomic E-state index is 13.8. The van der Waals surface area contributed by atoms with Gasteiger partial charge in [0.2, 0.25) is 6.79 Å². The van der Waals surface area contributed by atoms with Crippen molar-refractivity contribution in [3.05, 3.63) is 41.7 Å². The van der Waals surface area contributed by atoms with Gasteiger partial charge in [-0.1, -0.05) is 6.92 Å². The Bertz CT molecular complexity index is 1210. The zero-order chi connectivity index (χ0) is 23.2. The van der Waals surface area contributed by atoms with Gasteiger partial charge in [-0.15, -0.1) is 0 Å². The van der Waals surface area contributed by atoms with Crippen LogP contribution in [-0.4, -0.2) is 57.9 Å². The maximum absolute atomic E-state index is 13.8. The van der Waals surface area contributed by atoms with Crippen molar-refractivity contribution in [1.29, 1.82) is 0 Å². The van der Waals surface area contributed by atoms with E-state index in [-0.39, 0.29) is 29.9 Å². The number of carbonyl (C=O) groups is 1. The van der Waals surface area contributed by atoms with E-state index in [1.54, 1.807) is 18.2 Å². The zero-order valence-electron chi connectivity index (χ0n) is 17.9. The van der Waals surface area contributed by atoms with E-state index in [1.165, 1.54) is 6.07 Å². The molecule has 2 aromatic heterocycles. The number of hydrogen-bond acceptors (Lipinski definition) is 6. The van der Waals surface area contributed by atoms with Crippen LogP contribution in [0.1, 0.15) is 35.9 Å². The van der Waals surface area contributed by atoms with Crippen molar-refractivity contribution >= 4 is 11.6 Å². The molecule has 11 heteroatoms. The number of nitrogens with zero attached hydrogens (tertiary/aromatic N) is 4. The molecule has 174 valence electrons. The smallest absolute Gasteiger partial charge is 0.433 e. The van der Waals surface area contributed by atoms with Gasteiger partial charge in [-0.2, -0.15) is 18.3 Å². The number of nitrogens with one attached hydrogen (secondary N) is 1. The first-order valence-corrected chi connectivity index (χ1v) is 10.7. The Hall–Kier alpha value is -3.34. The molecular formula is C22H22F3N5O3. The number of hydrogen-bond donors (Lipinski definition) is 1. The molecule has 1 N–H and O–H groups in total. The summed E-state index contributed by atoms with van der Waals surface area (Å²) in [6.45, 7) is 4.40. The number of ether oxygens (including phenoxy) is 2. The van der Waals surface area contributed by atoms with E-state index in [1.807, 2.05) is 0 Å². The van der Waals surface area contributed by atoms with Gasteiger partial charge in [0, 0.05) is 24.2 Å². The largest absolute Gasteiger partial charge is 0.454 e. The van der Waals surface area contributed by atoms with E-state index in [0.717, 1.165) is 32.0 Å². The minimum atomic E-state index is -4.70. The number of likely N-dealkylation sites (N-methyl/N-ethyl adjacent to an activating group) is 1. The van der Waals surface area contributed by atoms with Crippen molar-refractivity contribution in [3.63, 3.8) is 0 Å².